The first-order valence-electron chi connectivity index (χ1n) is 12.9. The largest absolute Gasteiger partial charge is 0.477 e. The van der Waals surface area contributed by atoms with E-state index in [0.717, 1.165) is 36.4 Å². The number of carbonyl (C=O) groups excluding carboxylic acids is 2. The van der Waals surface area contributed by atoms with Gasteiger partial charge in [-0.2, -0.15) is 9.36 Å². The maximum absolute atomic E-state index is 13.2. The average molecular weight is 602 g/mol. The van der Waals surface area contributed by atoms with Crippen molar-refractivity contribution in [3.8, 4) is 0 Å². The third-order valence-electron chi connectivity index (χ3n) is 6.55. The van der Waals surface area contributed by atoms with Gasteiger partial charge >= 0.3 is 11.6 Å². The summed E-state index contributed by atoms with van der Waals surface area (Å²) in [7, 11) is 0. The third kappa shape index (κ3) is 5.59. The number of amides is 2. The highest BCUT2D eigenvalue weighted by Gasteiger charge is 2.54. The van der Waals surface area contributed by atoms with Crippen LogP contribution in [0.25, 0.3) is 11.2 Å². The molecule has 3 aromatic heterocycles. The number of unbranched alkanes of at least 4 members (excludes halogenated alkanes) is 1. The van der Waals surface area contributed by atoms with Crippen LogP contribution in [-0.4, -0.2) is 82.7 Å². The summed E-state index contributed by atoms with van der Waals surface area (Å²) in [5, 5.41) is 16.1. The summed E-state index contributed by atoms with van der Waals surface area (Å²) in [5.74, 6) is -2.18. The molecule has 216 valence electrons. The van der Waals surface area contributed by atoms with Crippen LogP contribution in [0.4, 0.5) is 5.13 Å². The number of nitrogens with one attached hydrogen (secondary N) is 1. The predicted molar refractivity (Wildman–Crippen MR) is 150 cm³/mol. The van der Waals surface area contributed by atoms with Crippen molar-refractivity contribution in [3.63, 3.8) is 0 Å². The average Bonchev–Trinajstić information content (AvgIpc) is 3.58. The lowest BCUT2D eigenvalue weighted by molar-refractivity contribution is -0.664. The number of aromatic nitrogens is 5. The van der Waals surface area contributed by atoms with Gasteiger partial charge in [0.25, 0.3) is 11.8 Å². The molecule has 0 saturated carbocycles. The van der Waals surface area contributed by atoms with Crippen molar-refractivity contribution in [3.05, 3.63) is 41.8 Å². The molecule has 0 radical (unpaired) electrons. The summed E-state index contributed by atoms with van der Waals surface area (Å²) in [6, 6.07) is 2.88. The van der Waals surface area contributed by atoms with E-state index in [9.17, 15) is 19.5 Å². The Balaban J connectivity index is 1.35. The van der Waals surface area contributed by atoms with E-state index in [1.165, 1.54) is 16.7 Å². The number of nitrogens with zero attached hydrogens (tertiary/aromatic N) is 7. The highest BCUT2D eigenvalue weighted by molar-refractivity contribution is 8.00. The van der Waals surface area contributed by atoms with Crippen LogP contribution in [-0.2, 0) is 32.3 Å². The van der Waals surface area contributed by atoms with Gasteiger partial charge in [-0.3, -0.25) is 14.5 Å². The highest BCUT2D eigenvalue weighted by atomic mass is 32.2. The number of aryl methyl sites for hydroxylation is 1. The zero-order chi connectivity index (χ0) is 29.1. The van der Waals surface area contributed by atoms with Crippen LogP contribution < -0.4 is 21.4 Å². The van der Waals surface area contributed by atoms with Crippen LogP contribution in [0.5, 0.6) is 0 Å². The second-order valence-electron chi connectivity index (χ2n) is 9.21. The Morgan fingerprint density at radius 3 is 2.90 bits per heavy atom. The Morgan fingerprint density at radius 2 is 2.20 bits per heavy atom. The second-order valence-corrected chi connectivity index (χ2v) is 11.1. The topological polar surface area (TPSA) is 208 Å². The Bertz CT molecular complexity index is 1550. The van der Waals surface area contributed by atoms with Crippen molar-refractivity contribution in [2.24, 2.45) is 10.9 Å². The molecule has 5 heterocycles. The smallest absolute Gasteiger partial charge is 0.352 e. The minimum absolute atomic E-state index is 0.0280. The molecule has 0 aliphatic carbocycles. The van der Waals surface area contributed by atoms with Crippen molar-refractivity contribution in [1.82, 2.24) is 29.1 Å². The second kappa shape index (κ2) is 12.2. The number of rotatable bonds is 12. The number of imidazole rings is 1. The molecule has 17 heteroatoms. The van der Waals surface area contributed by atoms with E-state index in [-0.39, 0.29) is 35.5 Å². The number of oxime groups is 1. The number of carboxylic acid groups (broad SMARTS) is 1. The molecule has 41 heavy (non-hydrogen) atoms. The van der Waals surface area contributed by atoms with Crippen molar-refractivity contribution in [1.29, 1.82) is 0 Å². The minimum Gasteiger partial charge on any atom is -0.477 e. The molecule has 2 amide bonds. The summed E-state index contributed by atoms with van der Waals surface area (Å²) >= 11 is 2.26. The SMILES string of the molecule is CCO/N=C(/C(=O)NC1C(=O)N2C(C(=O)O)=C(C[n+]3cccc4c3ncn4CCCCN)CSC12)c1nsc(N)n1. The van der Waals surface area contributed by atoms with Crippen molar-refractivity contribution in [2.75, 3.05) is 24.6 Å². The van der Waals surface area contributed by atoms with E-state index >= 15 is 0 Å². The molecule has 2 atom stereocenters. The molecule has 0 bridgehead atoms. The van der Waals surface area contributed by atoms with Gasteiger partial charge in [0, 0.05) is 29.4 Å². The quantitative estimate of drug-likeness (QED) is 0.0695. The van der Waals surface area contributed by atoms with Crippen LogP contribution in [0.15, 0.2) is 41.1 Å². The molecule has 1 saturated heterocycles. The summed E-state index contributed by atoms with van der Waals surface area (Å²) in [5.41, 5.74) is 13.1. The Hall–Kier alpha value is -4.09. The maximum atomic E-state index is 13.2. The van der Waals surface area contributed by atoms with Crippen LogP contribution >= 0.6 is 23.3 Å². The number of nitrogens with two attached hydrogens (primary N) is 2. The summed E-state index contributed by atoms with van der Waals surface area (Å²) in [4.78, 5) is 53.4. The van der Waals surface area contributed by atoms with Gasteiger partial charge in [0.1, 0.15) is 35.8 Å². The molecule has 5 rings (SSSR count). The molecule has 0 spiro atoms. The van der Waals surface area contributed by atoms with Gasteiger partial charge in [0.15, 0.2) is 5.13 Å². The van der Waals surface area contributed by atoms with E-state index in [1.54, 1.807) is 13.3 Å². The van der Waals surface area contributed by atoms with Gasteiger partial charge in [-0.05, 0) is 43.4 Å². The number of nitrogen functional groups attached to an aromatic ring is 1. The van der Waals surface area contributed by atoms with Gasteiger partial charge in [-0.25, -0.2) is 9.36 Å². The number of thioether (sulfide) groups is 1. The lowest BCUT2D eigenvalue weighted by atomic mass is 10.0. The molecular weight excluding hydrogens is 572 g/mol. The number of carbonyl (C=O) groups is 3. The standard InChI is InChI=1S/C24H28N10O5S2/c1-2-39-30-15(18-29-24(26)41-31-18)20(35)28-16-21(36)34-17(23(37)38)13(11-40-22(16)34)10-32-9-5-6-14-19(32)27-12-33(14)8-4-3-7-25/h5-6,9,12,16,22H,2-4,7-8,10-11,25H2,1H3,(H3-,26,28,29,31,35,37,38)/p+1/b30-15+. The van der Waals surface area contributed by atoms with E-state index in [0.29, 0.717) is 23.5 Å². The number of aliphatic carboxylic acids is 1. The molecule has 15 nitrogen and oxygen atoms in total. The van der Waals surface area contributed by atoms with Gasteiger partial charge in [-0.15, -0.1) is 11.8 Å². The highest BCUT2D eigenvalue weighted by Crippen LogP contribution is 2.40. The number of hydrogen-bond acceptors (Lipinski definition) is 12. The fourth-order valence-corrected chi connectivity index (χ4v) is 6.45. The van der Waals surface area contributed by atoms with Gasteiger partial charge in [-0.1, -0.05) is 5.16 Å². The lowest BCUT2D eigenvalue weighted by Gasteiger charge is -2.49. The van der Waals surface area contributed by atoms with Crippen molar-refractivity contribution < 1.29 is 28.9 Å². The Kier molecular flexibility index (Phi) is 8.46. The van der Waals surface area contributed by atoms with E-state index in [4.69, 9.17) is 16.3 Å². The lowest BCUT2D eigenvalue weighted by Crippen LogP contribution is -2.71. The fraction of sp³-hybridized carbons (Fsp3) is 0.417. The molecule has 2 aliphatic rings. The molecule has 2 unspecified atom stereocenters. The Labute approximate surface area is 242 Å². The predicted octanol–water partition coefficient (Wildman–Crippen LogP) is -0.324. The summed E-state index contributed by atoms with van der Waals surface area (Å²) in [6.45, 7) is 3.52. The maximum Gasteiger partial charge on any atom is 0.352 e. The summed E-state index contributed by atoms with van der Waals surface area (Å²) in [6.07, 6.45) is 5.43. The summed E-state index contributed by atoms with van der Waals surface area (Å²) < 4.78 is 7.92. The van der Waals surface area contributed by atoms with Gasteiger partial charge in [0.05, 0.1) is 6.20 Å². The number of β-lactam (4-membered cyclic amide) rings is 1. The van der Waals surface area contributed by atoms with Crippen molar-refractivity contribution >= 4 is 63.1 Å². The Morgan fingerprint density at radius 1 is 1.37 bits per heavy atom. The molecule has 6 N–H and O–H groups in total. The zero-order valence-corrected chi connectivity index (χ0v) is 23.7. The first-order valence-corrected chi connectivity index (χ1v) is 14.7. The number of hydrogen-bond donors (Lipinski definition) is 4. The molecule has 2 aliphatic heterocycles. The van der Waals surface area contributed by atoms with Crippen LogP contribution in [0.2, 0.25) is 0 Å². The molecule has 3 aromatic rings. The van der Waals surface area contributed by atoms with E-state index in [2.05, 4.69) is 24.8 Å². The van der Waals surface area contributed by atoms with Crippen molar-refractivity contribution in [2.45, 2.75) is 44.3 Å². The first kappa shape index (κ1) is 28.4. The molecule has 1 fully saturated rings. The van der Waals surface area contributed by atoms with Gasteiger partial charge in [0.2, 0.25) is 17.9 Å². The number of fused-ring (bicyclic) bond motifs is 2. The third-order valence-corrected chi connectivity index (χ3v) is 8.44. The van der Waals surface area contributed by atoms with Gasteiger partial charge < -0.3 is 31.3 Å². The number of pyridine rings is 1. The van der Waals surface area contributed by atoms with Crippen LogP contribution in [0, 0.1) is 0 Å². The van der Waals surface area contributed by atoms with E-state index < -0.39 is 29.2 Å². The molecular formula is C24H29N10O5S2+. The fourth-order valence-electron chi connectivity index (χ4n) is 4.68. The number of anilines is 1. The zero-order valence-electron chi connectivity index (χ0n) is 22.1. The number of carboxylic acids is 1. The normalized spacial score (nSPS) is 18.8. The van der Waals surface area contributed by atoms with E-state index in [1.807, 2.05) is 27.5 Å². The van der Waals surface area contributed by atoms with Crippen LogP contribution in [0.1, 0.15) is 25.6 Å². The molecule has 0 aromatic carbocycles. The van der Waals surface area contributed by atoms with Crippen LogP contribution in [0.3, 0.4) is 0 Å². The first-order chi connectivity index (χ1) is 19.8. The minimum atomic E-state index is -1.22. The monoisotopic (exact) mass is 601 g/mol.